The quantitative estimate of drug-likeness (QED) is 0.477. The van der Waals surface area contributed by atoms with Crippen LogP contribution in [0.1, 0.15) is 23.2 Å². The first-order chi connectivity index (χ1) is 15.8. The first-order valence-electron chi connectivity index (χ1n) is 10.4. The van der Waals surface area contributed by atoms with E-state index < -0.39 is 11.5 Å². The highest BCUT2D eigenvalue weighted by Gasteiger charge is 2.27. The van der Waals surface area contributed by atoms with E-state index in [0.29, 0.717) is 17.8 Å². The summed E-state index contributed by atoms with van der Waals surface area (Å²) >= 11 is 4.76. The molecule has 1 aliphatic rings. The summed E-state index contributed by atoms with van der Waals surface area (Å²) in [6, 6.07) is 7.18. The molecule has 0 radical (unpaired) electrons. The number of nitrogens with zero attached hydrogens (tertiary/aromatic N) is 4. The van der Waals surface area contributed by atoms with Crippen molar-refractivity contribution in [3.05, 3.63) is 54.5 Å². The third-order valence-electron chi connectivity index (χ3n) is 5.15. The summed E-state index contributed by atoms with van der Waals surface area (Å²) in [7, 11) is 0. The highest BCUT2D eigenvalue weighted by atomic mass is 35.5. The topological polar surface area (TPSA) is 92.5 Å². The number of amides is 1. The van der Waals surface area contributed by atoms with Gasteiger partial charge in [-0.25, -0.2) is 4.98 Å². The van der Waals surface area contributed by atoms with Crippen molar-refractivity contribution in [3.8, 4) is 16.9 Å². The van der Waals surface area contributed by atoms with Gasteiger partial charge in [0, 0.05) is 53.9 Å². The van der Waals surface area contributed by atoms with E-state index in [9.17, 15) is 18.7 Å². The van der Waals surface area contributed by atoms with Crippen LogP contribution in [0.5, 0.6) is 5.75 Å². The number of aliphatic hydroxyl groups excluding tert-OH is 1. The van der Waals surface area contributed by atoms with Crippen molar-refractivity contribution in [2.24, 2.45) is 0 Å². The molecule has 3 heterocycles. The molecule has 11 heteroatoms. The van der Waals surface area contributed by atoms with E-state index in [0.717, 1.165) is 42.9 Å². The van der Waals surface area contributed by atoms with Crippen LogP contribution in [0.2, 0.25) is 0 Å². The van der Waals surface area contributed by atoms with Gasteiger partial charge < -0.3 is 20.1 Å². The van der Waals surface area contributed by atoms with Gasteiger partial charge in [-0.1, -0.05) is 0 Å². The van der Waals surface area contributed by atoms with Crippen LogP contribution < -0.4 is 15.0 Å². The van der Waals surface area contributed by atoms with Crippen molar-refractivity contribution in [1.29, 1.82) is 0 Å². The van der Waals surface area contributed by atoms with Crippen molar-refractivity contribution >= 4 is 29.0 Å². The molecule has 0 aliphatic carbocycles. The molecule has 2 N–H and O–H groups in total. The molecule has 1 aromatic carbocycles. The summed E-state index contributed by atoms with van der Waals surface area (Å²) in [5.41, 5.74) is -1.53. The molecule has 3 aromatic rings. The Kier molecular flexibility index (Phi) is 6.75. The van der Waals surface area contributed by atoms with Gasteiger partial charge in [-0.2, -0.15) is 5.10 Å². The number of ether oxygens (including phenoxy) is 1. The number of aliphatic hydroxyl groups is 1. The van der Waals surface area contributed by atoms with Gasteiger partial charge >= 0.3 is 5.57 Å². The average Bonchev–Trinajstić information content (AvgIpc) is 3.46. The molecule has 8 nitrogen and oxygen atoms in total. The van der Waals surface area contributed by atoms with Crippen molar-refractivity contribution in [3.63, 3.8) is 0 Å². The first kappa shape index (κ1) is 22.9. The molecule has 2 aromatic heterocycles. The lowest BCUT2D eigenvalue weighted by molar-refractivity contribution is -0.0964. The van der Waals surface area contributed by atoms with Gasteiger partial charge in [-0.15, -0.1) is 8.78 Å². The summed E-state index contributed by atoms with van der Waals surface area (Å²) < 4.78 is 31.4. The maximum Gasteiger partial charge on any atom is 0.487 e. The molecule has 0 spiro atoms. The largest absolute Gasteiger partial charge is 0.487 e. The third kappa shape index (κ3) is 5.77. The third-order valence-corrected chi connectivity index (χ3v) is 5.23. The van der Waals surface area contributed by atoms with Gasteiger partial charge in [0.1, 0.15) is 11.6 Å². The monoisotopic (exact) mass is 477 g/mol. The average molecular weight is 478 g/mol. The maximum atomic E-state index is 12.9. The van der Waals surface area contributed by atoms with Crippen LogP contribution in [0, 0.1) is 0 Å². The van der Waals surface area contributed by atoms with Gasteiger partial charge in [0.05, 0.1) is 24.9 Å². The Bertz CT molecular complexity index is 1110. The van der Waals surface area contributed by atoms with E-state index >= 15 is 0 Å². The smallest absolute Gasteiger partial charge is 0.420 e. The van der Waals surface area contributed by atoms with Crippen molar-refractivity contribution < 1.29 is 23.4 Å². The molecule has 0 saturated carbocycles. The molecule has 1 fully saturated rings. The van der Waals surface area contributed by atoms with E-state index in [1.54, 1.807) is 23.1 Å². The number of halogens is 3. The number of hydrogen-bond acceptors (Lipinski definition) is 6. The molecule has 0 unspecified atom stereocenters. The zero-order valence-electron chi connectivity index (χ0n) is 17.5. The molecule has 0 atom stereocenters. The van der Waals surface area contributed by atoms with E-state index in [1.165, 1.54) is 30.5 Å². The lowest BCUT2D eigenvalue weighted by Crippen LogP contribution is -2.21. The molecule has 1 amide bonds. The molecule has 0 bridgehead atoms. The van der Waals surface area contributed by atoms with E-state index in [-0.39, 0.29) is 12.4 Å². The van der Waals surface area contributed by atoms with Gasteiger partial charge in [-0.3, -0.25) is 9.48 Å². The van der Waals surface area contributed by atoms with Gasteiger partial charge in [0.25, 0.3) is 5.91 Å². The van der Waals surface area contributed by atoms with Crippen LogP contribution in [0.4, 0.5) is 20.3 Å². The first-order valence-corrected chi connectivity index (χ1v) is 10.8. The Morgan fingerprint density at radius 1 is 1.21 bits per heavy atom. The summed E-state index contributed by atoms with van der Waals surface area (Å²) in [5, 5.41) is 16.2. The fraction of sp³-hybridized carbons (Fsp3) is 0.318. The van der Waals surface area contributed by atoms with Crippen LogP contribution in [0.3, 0.4) is 0 Å². The van der Waals surface area contributed by atoms with Crippen LogP contribution in [0.25, 0.3) is 11.1 Å². The molecule has 33 heavy (non-hydrogen) atoms. The van der Waals surface area contributed by atoms with E-state index in [4.69, 9.17) is 11.6 Å². The Balaban J connectivity index is 1.57. The normalized spacial score (nSPS) is 13.9. The molecular formula is C22H22ClF2N5O3. The lowest BCUT2D eigenvalue weighted by Gasteiger charge is -2.20. The predicted octanol–water partition coefficient (Wildman–Crippen LogP) is 3.96. The van der Waals surface area contributed by atoms with E-state index in [1.807, 2.05) is 0 Å². The fourth-order valence-corrected chi connectivity index (χ4v) is 3.73. The number of rotatable bonds is 8. The number of anilines is 2. The Labute approximate surface area is 193 Å². The number of carbonyl (C=O) groups is 1. The maximum absolute atomic E-state index is 12.9. The van der Waals surface area contributed by atoms with Crippen LogP contribution in [0.15, 0.2) is 48.9 Å². The SMILES string of the molecule is O=C(Nc1ccc(OC(F)(F)Cl)cc1)c1cnc(N2CCCC2)c(-c2cnn(CCO)c2)c1. The Hall–Kier alpha value is -3.24. The van der Waals surface area contributed by atoms with E-state index in [2.05, 4.69) is 25.0 Å². The van der Waals surface area contributed by atoms with Gasteiger partial charge in [0.2, 0.25) is 0 Å². The molecule has 1 saturated heterocycles. The van der Waals surface area contributed by atoms with Crippen molar-refractivity contribution in [2.45, 2.75) is 25.0 Å². The fourth-order valence-electron chi connectivity index (χ4n) is 3.65. The number of hydrogen-bond donors (Lipinski definition) is 2. The zero-order chi connectivity index (χ0) is 23.4. The standard InChI is InChI=1S/C22H22ClF2N5O3/c23-22(24,25)33-18-5-3-17(4-6-18)28-21(32)15-11-19(16-13-27-30(14-16)9-10-31)20(26-12-15)29-7-1-2-8-29/h3-6,11-14,31H,1-2,7-10H2,(H,28,32). The summed E-state index contributed by atoms with van der Waals surface area (Å²) in [4.78, 5) is 19.6. The predicted molar refractivity (Wildman–Crippen MR) is 120 cm³/mol. The van der Waals surface area contributed by atoms with Crippen LogP contribution >= 0.6 is 11.6 Å². The van der Waals surface area contributed by atoms with Crippen LogP contribution in [-0.2, 0) is 6.54 Å². The molecule has 174 valence electrons. The molecule has 4 rings (SSSR count). The minimum absolute atomic E-state index is 0.0346. The number of aromatic nitrogens is 3. The molecule has 1 aliphatic heterocycles. The number of alkyl halides is 3. The number of benzene rings is 1. The number of pyridine rings is 1. The Morgan fingerprint density at radius 3 is 2.61 bits per heavy atom. The highest BCUT2D eigenvalue weighted by Crippen LogP contribution is 2.32. The lowest BCUT2D eigenvalue weighted by atomic mass is 10.1. The molecular weight excluding hydrogens is 456 g/mol. The van der Waals surface area contributed by atoms with Crippen LogP contribution in [-0.4, -0.2) is 51.0 Å². The van der Waals surface area contributed by atoms with Gasteiger partial charge in [0.15, 0.2) is 0 Å². The summed E-state index contributed by atoms with van der Waals surface area (Å²) in [5.74, 6) is 0.235. The highest BCUT2D eigenvalue weighted by molar-refractivity contribution is 6.20. The summed E-state index contributed by atoms with van der Waals surface area (Å²) in [6.45, 7) is 2.09. The zero-order valence-corrected chi connectivity index (χ0v) is 18.3. The Morgan fingerprint density at radius 2 is 1.94 bits per heavy atom. The van der Waals surface area contributed by atoms with Gasteiger partial charge in [-0.05, 0) is 43.2 Å². The number of nitrogens with one attached hydrogen (secondary N) is 1. The second-order valence-electron chi connectivity index (χ2n) is 7.53. The second kappa shape index (κ2) is 9.72. The minimum Gasteiger partial charge on any atom is -0.420 e. The summed E-state index contributed by atoms with van der Waals surface area (Å²) in [6.07, 6.45) is 7.14. The second-order valence-corrected chi connectivity index (χ2v) is 7.97. The van der Waals surface area contributed by atoms with Crippen molar-refractivity contribution in [2.75, 3.05) is 29.9 Å². The number of carbonyl (C=O) groups excluding carboxylic acids is 1. The van der Waals surface area contributed by atoms with Crippen molar-refractivity contribution in [1.82, 2.24) is 14.8 Å². The minimum atomic E-state index is -3.81.